The molecular formula is C15H10Cl2N2O. The van der Waals surface area contributed by atoms with Gasteiger partial charge in [0.2, 0.25) is 0 Å². The number of hydrogen-bond donors (Lipinski definition) is 0. The fraction of sp³-hybridized carbons (Fsp3) is 0.0667. The number of halogens is 2. The summed E-state index contributed by atoms with van der Waals surface area (Å²) in [6.45, 7) is 1.92. The van der Waals surface area contributed by atoms with Gasteiger partial charge in [0.05, 0.1) is 5.02 Å². The molecule has 100 valence electrons. The highest BCUT2D eigenvalue weighted by molar-refractivity contribution is 6.31. The van der Waals surface area contributed by atoms with Crippen LogP contribution >= 0.6 is 23.2 Å². The minimum absolute atomic E-state index is 0.476. The molecule has 0 saturated carbocycles. The number of fused-ring (bicyclic) bond motifs is 1. The van der Waals surface area contributed by atoms with Crippen LogP contribution in [0.4, 0.5) is 0 Å². The third kappa shape index (κ3) is 2.09. The van der Waals surface area contributed by atoms with Gasteiger partial charge in [-0.2, -0.15) is 0 Å². The van der Waals surface area contributed by atoms with E-state index in [0.29, 0.717) is 27.1 Å². The number of aromatic nitrogens is 2. The van der Waals surface area contributed by atoms with E-state index < -0.39 is 0 Å². The Balaban J connectivity index is 2.30. The number of hydrogen-bond acceptors (Lipinski definition) is 2. The predicted octanol–water partition coefficient (Wildman–Crippen LogP) is 4.43. The fourth-order valence-electron chi connectivity index (χ4n) is 2.15. The minimum atomic E-state index is 0.476. The summed E-state index contributed by atoms with van der Waals surface area (Å²) in [5.74, 6) is 0. The van der Waals surface area contributed by atoms with Crippen LogP contribution in [0.3, 0.4) is 0 Å². The second kappa shape index (κ2) is 4.93. The van der Waals surface area contributed by atoms with Crippen molar-refractivity contribution in [3.8, 4) is 11.3 Å². The largest absolute Gasteiger partial charge is 0.296 e. The van der Waals surface area contributed by atoms with Crippen LogP contribution in [0.25, 0.3) is 16.9 Å². The van der Waals surface area contributed by atoms with Gasteiger partial charge in [0, 0.05) is 16.8 Å². The van der Waals surface area contributed by atoms with Gasteiger partial charge in [0.15, 0.2) is 6.29 Å². The summed E-state index contributed by atoms with van der Waals surface area (Å²) in [4.78, 5) is 15.9. The van der Waals surface area contributed by atoms with E-state index in [-0.39, 0.29) is 0 Å². The summed E-state index contributed by atoms with van der Waals surface area (Å²) < 4.78 is 1.69. The van der Waals surface area contributed by atoms with Gasteiger partial charge in [-0.15, -0.1) is 0 Å². The normalized spacial score (nSPS) is 10.9. The van der Waals surface area contributed by atoms with Gasteiger partial charge in [-0.3, -0.25) is 9.20 Å². The van der Waals surface area contributed by atoms with Crippen LogP contribution in [0.5, 0.6) is 0 Å². The Morgan fingerprint density at radius 1 is 1.20 bits per heavy atom. The third-order valence-electron chi connectivity index (χ3n) is 3.16. The van der Waals surface area contributed by atoms with E-state index in [1.807, 2.05) is 19.1 Å². The highest BCUT2D eigenvalue weighted by Gasteiger charge is 2.14. The van der Waals surface area contributed by atoms with Gasteiger partial charge in [-0.05, 0) is 36.8 Å². The molecule has 20 heavy (non-hydrogen) atoms. The van der Waals surface area contributed by atoms with Gasteiger partial charge in [0.1, 0.15) is 17.0 Å². The first-order valence-electron chi connectivity index (χ1n) is 5.99. The van der Waals surface area contributed by atoms with Crippen molar-refractivity contribution in [1.29, 1.82) is 0 Å². The van der Waals surface area contributed by atoms with Crippen molar-refractivity contribution < 1.29 is 4.79 Å². The Kier molecular flexibility index (Phi) is 3.24. The zero-order valence-electron chi connectivity index (χ0n) is 10.6. The van der Waals surface area contributed by atoms with Crippen molar-refractivity contribution in [2.75, 3.05) is 0 Å². The molecule has 3 nitrogen and oxygen atoms in total. The first-order chi connectivity index (χ1) is 9.60. The van der Waals surface area contributed by atoms with Crippen LogP contribution in [0.1, 0.15) is 16.1 Å². The maximum absolute atomic E-state index is 11.4. The molecule has 0 N–H and O–H groups in total. The summed E-state index contributed by atoms with van der Waals surface area (Å²) in [5.41, 5.74) is 3.58. The summed E-state index contributed by atoms with van der Waals surface area (Å²) in [5, 5.41) is 1.24. The van der Waals surface area contributed by atoms with Crippen molar-refractivity contribution in [2.24, 2.45) is 0 Å². The number of nitrogens with zero attached hydrogens (tertiary/aromatic N) is 2. The van der Waals surface area contributed by atoms with Crippen LogP contribution in [-0.2, 0) is 0 Å². The fourth-order valence-corrected chi connectivity index (χ4v) is 2.43. The molecule has 0 atom stereocenters. The number of carbonyl (C=O) groups is 1. The summed E-state index contributed by atoms with van der Waals surface area (Å²) in [6, 6.07) is 9.10. The molecule has 0 spiro atoms. The molecular weight excluding hydrogens is 295 g/mol. The third-order valence-corrected chi connectivity index (χ3v) is 3.81. The Hall–Kier alpha value is -1.84. The first kappa shape index (κ1) is 13.2. The van der Waals surface area contributed by atoms with Crippen LogP contribution in [0, 0.1) is 6.92 Å². The lowest BCUT2D eigenvalue weighted by molar-refractivity contribution is 0.111. The number of pyridine rings is 1. The highest BCUT2D eigenvalue weighted by atomic mass is 35.5. The van der Waals surface area contributed by atoms with Crippen LogP contribution in [0.15, 0.2) is 36.5 Å². The Labute approximate surface area is 125 Å². The predicted molar refractivity (Wildman–Crippen MR) is 80.8 cm³/mol. The summed E-state index contributed by atoms with van der Waals surface area (Å²) in [6.07, 6.45) is 2.47. The number of aryl methyl sites for hydroxylation is 1. The lowest BCUT2D eigenvalue weighted by atomic mass is 10.1. The van der Waals surface area contributed by atoms with Gasteiger partial charge in [-0.1, -0.05) is 29.3 Å². The average molecular weight is 305 g/mol. The standard InChI is InChI=1S/C15H10Cl2N2O/c1-9-6-10(2-4-12(9)17)15-13(8-20)19-7-11(16)3-5-14(19)18-15/h2-8H,1H3. The van der Waals surface area contributed by atoms with Crippen molar-refractivity contribution in [3.63, 3.8) is 0 Å². The number of rotatable bonds is 2. The van der Waals surface area contributed by atoms with Crippen molar-refractivity contribution in [1.82, 2.24) is 9.38 Å². The van der Waals surface area contributed by atoms with E-state index in [1.165, 1.54) is 0 Å². The molecule has 0 bridgehead atoms. The zero-order chi connectivity index (χ0) is 14.3. The molecule has 0 aliphatic carbocycles. The second-order valence-electron chi connectivity index (χ2n) is 4.50. The molecule has 3 rings (SSSR count). The molecule has 2 aromatic heterocycles. The monoisotopic (exact) mass is 304 g/mol. The molecule has 2 heterocycles. The zero-order valence-corrected chi connectivity index (χ0v) is 12.1. The lowest BCUT2D eigenvalue weighted by Crippen LogP contribution is -1.92. The molecule has 0 saturated heterocycles. The van der Waals surface area contributed by atoms with E-state index in [9.17, 15) is 4.79 Å². The smallest absolute Gasteiger partial charge is 0.169 e. The summed E-state index contributed by atoms with van der Waals surface area (Å²) >= 11 is 12.0. The number of aldehydes is 1. The molecule has 0 aliphatic rings. The van der Waals surface area contributed by atoms with E-state index in [1.54, 1.807) is 28.8 Å². The van der Waals surface area contributed by atoms with Crippen LogP contribution in [-0.4, -0.2) is 15.7 Å². The van der Waals surface area contributed by atoms with Crippen molar-refractivity contribution >= 4 is 35.1 Å². The van der Waals surface area contributed by atoms with E-state index in [2.05, 4.69) is 4.98 Å². The molecule has 5 heteroatoms. The molecule has 3 aromatic rings. The van der Waals surface area contributed by atoms with Crippen LogP contribution in [0.2, 0.25) is 10.0 Å². The SMILES string of the molecule is Cc1cc(-c2nc3ccc(Cl)cn3c2C=O)ccc1Cl. The summed E-state index contributed by atoms with van der Waals surface area (Å²) in [7, 11) is 0. The van der Waals surface area contributed by atoms with Crippen molar-refractivity contribution in [2.45, 2.75) is 6.92 Å². The highest BCUT2D eigenvalue weighted by Crippen LogP contribution is 2.27. The maximum atomic E-state index is 11.4. The average Bonchev–Trinajstić information content (AvgIpc) is 2.79. The molecule has 0 radical (unpaired) electrons. The molecule has 0 amide bonds. The Morgan fingerprint density at radius 2 is 2.00 bits per heavy atom. The van der Waals surface area contributed by atoms with E-state index >= 15 is 0 Å². The molecule has 1 aromatic carbocycles. The minimum Gasteiger partial charge on any atom is -0.296 e. The molecule has 0 fully saturated rings. The van der Waals surface area contributed by atoms with Crippen LogP contribution < -0.4 is 0 Å². The second-order valence-corrected chi connectivity index (χ2v) is 5.35. The number of carbonyl (C=O) groups excluding carboxylic acids is 1. The first-order valence-corrected chi connectivity index (χ1v) is 6.75. The van der Waals surface area contributed by atoms with E-state index in [0.717, 1.165) is 17.4 Å². The number of benzene rings is 1. The quantitative estimate of drug-likeness (QED) is 0.656. The van der Waals surface area contributed by atoms with Gasteiger partial charge in [-0.25, -0.2) is 4.98 Å². The van der Waals surface area contributed by atoms with Gasteiger partial charge in [0.25, 0.3) is 0 Å². The Bertz CT molecular complexity index is 824. The van der Waals surface area contributed by atoms with Gasteiger partial charge < -0.3 is 0 Å². The topological polar surface area (TPSA) is 34.4 Å². The van der Waals surface area contributed by atoms with Gasteiger partial charge >= 0.3 is 0 Å². The van der Waals surface area contributed by atoms with E-state index in [4.69, 9.17) is 23.2 Å². The Morgan fingerprint density at radius 3 is 2.70 bits per heavy atom. The number of imidazole rings is 1. The maximum Gasteiger partial charge on any atom is 0.169 e. The van der Waals surface area contributed by atoms with Crippen molar-refractivity contribution in [3.05, 3.63) is 57.8 Å². The lowest BCUT2D eigenvalue weighted by Gasteiger charge is -2.02. The molecule has 0 aliphatic heterocycles. The molecule has 0 unspecified atom stereocenters.